The second-order valence-electron chi connectivity index (χ2n) is 9.46. The summed E-state index contributed by atoms with van der Waals surface area (Å²) in [6, 6.07) is 20.2. The number of ketones is 1. The van der Waals surface area contributed by atoms with E-state index in [0.29, 0.717) is 38.0 Å². The van der Waals surface area contributed by atoms with Crippen molar-refractivity contribution in [1.29, 1.82) is 5.26 Å². The molecule has 0 aromatic heterocycles. The lowest BCUT2D eigenvalue weighted by atomic mass is 9.85. The second-order valence-corrected chi connectivity index (χ2v) is 10.4. The maximum absolute atomic E-state index is 13.5. The molecular weight excluding hydrogens is 490 g/mol. The van der Waals surface area contributed by atoms with E-state index in [-0.39, 0.29) is 23.0 Å². The van der Waals surface area contributed by atoms with Crippen molar-refractivity contribution in [3.05, 3.63) is 81.8 Å². The number of hydrogen-bond donors (Lipinski definition) is 1. The van der Waals surface area contributed by atoms with Gasteiger partial charge in [-0.2, -0.15) is 5.26 Å². The number of benzene rings is 3. The van der Waals surface area contributed by atoms with Crippen LogP contribution in [0.3, 0.4) is 0 Å². The van der Waals surface area contributed by atoms with Crippen molar-refractivity contribution in [1.82, 2.24) is 10.2 Å². The van der Waals surface area contributed by atoms with Crippen LogP contribution < -0.4 is 5.32 Å². The van der Waals surface area contributed by atoms with Gasteiger partial charge in [-0.15, -0.1) is 0 Å². The molecule has 2 aliphatic rings. The lowest BCUT2D eigenvalue weighted by Crippen LogP contribution is -2.32. The number of nitrogens with zero attached hydrogens (tertiary/aromatic N) is 2. The van der Waals surface area contributed by atoms with Crippen LogP contribution in [-0.4, -0.2) is 29.7 Å². The Balaban J connectivity index is 1.33. The second kappa shape index (κ2) is 9.23. The highest BCUT2D eigenvalue weighted by atomic mass is 79.9. The molecule has 1 saturated heterocycles. The summed E-state index contributed by atoms with van der Waals surface area (Å²) in [6.07, 6.45) is 5.24. The normalized spacial score (nSPS) is 18.5. The van der Waals surface area contributed by atoms with Crippen LogP contribution in [-0.2, 0) is 16.8 Å². The van der Waals surface area contributed by atoms with Crippen LogP contribution in [0.25, 0.3) is 10.8 Å². The number of fused-ring (bicyclic) bond motifs is 1. The quantitative estimate of drug-likeness (QED) is 0.341. The molecule has 0 spiro atoms. The Bertz CT molecular complexity index is 1310. The van der Waals surface area contributed by atoms with Crippen LogP contribution in [0.4, 0.5) is 0 Å². The van der Waals surface area contributed by atoms with Gasteiger partial charge in [0.15, 0.2) is 12.0 Å². The third-order valence-corrected chi connectivity index (χ3v) is 7.68. The topological polar surface area (TPSA) is 73.2 Å². The van der Waals surface area contributed by atoms with E-state index in [9.17, 15) is 9.59 Å². The highest BCUT2D eigenvalue weighted by molar-refractivity contribution is 9.10. The Labute approximate surface area is 207 Å². The largest absolute Gasteiger partial charge is 0.352 e. The summed E-state index contributed by atoms with van der Waals surface area (Å²) in [4.78, 5) is 27.7. The van der Waals surface area contributed by atoms with E-state index >= 15 is 0 Å². The smallest absolute Gasteiger partial charge is 0.225 e. The molecule has 1 unspecified atom stereocenters. The third kappa shape index (κ3) is 4.45. The summed E-state index contributed by atoms with van der Waals surface area (Å²) in [7, 11) is 0. The molecule has 1 atom stereocenters. The van der Waals surface area contributed by atoms with Crippen LogP contribution in [0.2, 0.25) is 0 Å². The number of rotatable bonds is 7. The van der Waals surface area contributed by atoms with E-state index < -0.39 is 0 Å². The van der Waals surface area contributed by atoms with Crippen molar-refractivity contribution in [2.45, 2.75) is 37.6 Å². The summed E-state index contributed by atoms with van der Waals surface area (Å²) in [6.45, 7) is 1.40. The Hall–Kier alpha value is -3.17. The van der Waals surface area contributed by atoms with E-state index in [1.165, 1.54) is 16.3 Å². The summed E-state index contributed by atoms with van der Waals surface area (Å²) in [5, 5.41) is 14.4. The van der Waals surface area contributed by atoms with Gasteiger partial charge >= 0.3 is 0 Å². The Morgan fingerprint density at radius 2 is 1.88 bits per heavy atom. The minimum absolute atomic E-state index is 0.0562. The van der Waals surface area contributed by atoms with E-state index in [1.54, 1.807) is 4.90 Å². The van der Waals surface area contributed by atoms with Gasteiger partial charge in [-0.25, -0.2) is 0 Å². The van der Waals surface area contributed by atoms with Crippen LogP contribution >= 0.6 is 15.9 Å². The van der Waals surface area contributed by atoms with Crippen LogP contribution in [0.15, 0.2) is 65.1 Å². The number of likely N-dealkylation sites (tertiary alicyclic amines) is 1. The number of nitrogens with one attached hydrogen (secondary N) is 1. The molecule has 6 heteroatoms. The number of carbonyl (C=O) groups is 2. The molecule has 1 aliphatic heterocycles. The zero-order valence-electron chi connectivity index (χ0n) is 18.9. The summed E-state index contributed by atoms with van der Waals surface area (Å²) in [5.41, 5.74) is 2.62. The molecule has 5 nitrogen and oxygen atoms in total. The average Bonchev–Trinajstić information content (AvgIpc) is 3.46. The van der Waals surface area contributed by atoms with E-state index in [2.05, 4.69) is 57.8 Å². The molecular formula is C28H26BrN3O2. The first-order chi connectivity index (χ1) is 16.5. The molecule has 1 heterocycles. The Morgan fingerprint density at radius 1 is 1.12 bits per heavy atom. The molecule has 1 amide bonds. The van der Waals surface area contributed by atoms with Crippen molar-refractivity contribution in [3.63, 3.8) is 0 Å². The third-order valence-electron chi connectivity index (χ3n) is 7.22. The van der Waals surface area contributed by atoms with Gasteiger partial charge in [-0.3, -0.25) is 9.59 Å². The van der Waals surface area contributed by atoms with Crippen molar-refractivity contribution in [2.75, 3.05) is 13.1 Å². The van der Waals surface area contributed by atoms with Gasteiger partial charge in [-0.1, -0.05) is 64.5 Å². The van der Waals surface area contributed by atoms with Gasteiger partial charge in [0.2, 0.25) is 5.91 Å². The van der Waals surface area contributed by atoms with E-state index in [1.807, 2.05) is 30.3 Å². The maximum atomic E-state index is 13.5. The van der Waals surface area contributed by atoms with Gasteiger partial charge in [0.05, 0.1) is 5.92 Å². The number of nitriles is 1. The van der Waals surface area contributed by atoms with Crippen molar-refractivity contribution in [2.24, 2.45) is 5.92 Å². The van der Waals surface area contributed by atoms with Crippen LogP contribution in [0.5, 0.6) is 0 Å². The number of halogens is 1. The lowest BCUT2D eigenvalue weighted by Gasteiger charge is -2.19. The van der Waals surface area contributed by atoms with Crippen LogP contribution in [0, 0.1) is 17.4 Å². The average molecular weight is 516 g/mol. The van der Waals surface area contributed by atoms with Gasteiger partial charge in [0.1, 0.15) is 0 Å². The molecule has 0 radical (unpaired) electrons. The molecule has 172 valence electrons. The predicted octanol–water partition coefficient (Wildman–Crippen LogP) is 5.33. The van der Waals surface area contributed by atoms with E-state index in [4.69, 9.17) is 5.26 Å². The first-order valence-electron chi connectivity index (χ1n) is 11.7. The maximum Gasteiger partial charge on any atom is 0.225 e. The predicted molar refractivity (Wildman–Crippen MR) is 135 cm³/mol. The first kappa shape index (κ1) is 22.6. The minimum Gasteiger partial charge on any atom is -0.352 e. The fraction of sp³-hybridized carbons (Fsp3) is 0.321. The molecule has 0 bridgehead atoms. The zero-order valence-corrected chi connectivity index (χ0v) is 20.5. The molecule has 1 aliphatic carbocycles. The number of Topliss-reactive ketones (excluding diaryl/α,β-unsaturated/α-hetero) is 1. The molecule has 3 aromatic carbocycles. The van der Waals surface area contributed by atoms with Crippen LogP contribution in [0.1, 0.15) is 47.2 Å². The van der Waals surface area contributed by atoms with E-state index in [0.717, 1.165) is 22.9 Å². The molecule has 2 fully saturated rings. The number of amides is 1. The number of hydrogen-bond acceptors (Lipinski definition) is 4. The first-order valence-corrected chi connectivity index (χ1v) is 12.5. The minimum atomic E-state index is -0.179. The highest BCUT2D eigenvalue weighted by Gasteiger charge is 2.47. The molecule has 1 saturated carbocycles. The van der Waals surface area contributed by atoms with Gasteiger partial charge in [0, 0.05) is 41.5 Å². The summed E-state index contributed by atoms with van der Waals surface area (Å²) in [5.74, 6) is -0.121. The highest BCUT2D eigenvalue weighted by Crippen LogP contribution is 2.54. The standard InChI is InChI=1S/C28H26BrN3O2/c29-22-13-19-5-1-3-7-23(19)25(14-22)28(10-11-28)15-26(33)24-8-4-2-6-20(24)16-31-27(34)21-9-12-32(17-21)18-30/h1-8,13-14,21H,9-12,15-17H2,(H,31,34). The summed E-state index contributed by atoms with van der Waals surface area (Å²) < 4.78 is 1.03. The van der Waals surface area contributed by atoms with Crippen molar-refractivity contribution >= 4 is 38.4 Å². The Kier molecular flexibility index (Phi) is 6.14. The Morgan fingerprint density at radius 3 is 2.65 bits per heavy atom. The fourth-order valence-corrected chi connectivity index (χ4v) is 5.62. The molecule has 34 heavy (non-hydrogen) atoms. The van der Waals surface area contributed by atoms with Gasteiger partial charge < -0.3 is 10.2 Å². The monoisotopic (exact) mass is 515 g/mol. The van der Waals surface area contributed by atoms with Gasteiger partial charge in [0.25, 0.3) is 0 Å². The molecule has 1 N–H and O–H groups in total. The van der Waals surface area contributed by atoms with Crippen molar-refractivity contribution in [3.8, 4) is 6.19 Å². The SMILES string of the molecule is N#CN1CCC(C(=O)NCc2ccccc2C(=O)CC2(c3cc(Br)cc4ccccc34)CC2)C1. The number of carbonyl (C=O) groups excluding carboxylic acids is 2. The molecule has 3 aromatic rings. The van der Waals surface area contributed by atoms with Crippen molar-refractivity contribution < 1.29 is 9.59 Å². The zero-order chi connectivity index (χ0) is 23.7. The summed E-state index contributed by atoms with van der Waals surface area (Å²) >= 11 is 3.65. The lowest BCUT2D eigenvalue weighted by molar-refractivity contribution is -0.124. The molecule has 5 rings (SSSR count). The fourth-order valence-electron chi connectivity index (χ4n) is 5.15. The van der Waals surface area contributed by atoms with Gasteiger partial charge in [-0.05, 0) is 53.3 Å².